The van der Waals surface area contributed by atoms with E-state index in [1.807, 2.05) is 42.5 Å². The SMILES string of the molecule is Cc1ccc(-c2cc(C(=O)/C=C/c3ccc(C(=O)O)cc3)cc(OCc3ccccc3)c2C(C)(C)C)cc1. The van der Waals surface area contributed by atoms with Gasteiger partial charge in [0.05, 0.1) is 5.56 Å². The van der Waals surface area contributed by atoms with Crippen LogP contribution in [-0.4, -0.2) is 16.9 Å². The van der Waals surface area contributed by atoms with Gasteiger partial charge in [-0.15, -0.1) is 0 Å². The van der Waals surface area contributed by atoms with E-state index < -0.39 is 5.97 Å². The Balaban J connectivity index is 1.77. The van der Waals surface area contributed by atoms with Crippen molar-refractivity contribution in [3.05, 3.63) is 130 Å². The van der Waals surface area contributed by atoms with Gasteiger partial charge in [-0.05, 0) is 64.9 Å². The molecule has 0 spiro atoms. The van der Waals surface area contributed by atoms with Crippen molar-refractivity contribution in [2.45, 2.75) is 39.7 Å². The number of aryl methyl sites for hydroxylation is 1. The first-order valence-electron chi connectivity index (χ1n) is 12.6. The number of ketones is 1. The number of hydrogen-bond acceptors (Lipinski definition) is 3. The lowest BCUT2D eigenvalue weighted by Gasteiger charge is -2.27. The molecule has 0 atom stereocenters. The summed E-state index contributed by atoms with van der Waals surface area (Å²) in [4.78, 5) is 24.5. The van der Waals surface area contributed by atoms with E-state index in [4.69, 9.17) is 9.84 Å². The summed E-state index contributed by atoms with van der Waals surface area (Å²) in [5.74, 6) is -0.463. The van der Waals surface area contributed by atoms with Crippen LogP contribution in [0.25, 0.3) is 17.2 Å². The molecule has 0 saturated carbocycles. The van der Waals surface area contributed by atoms with Crippen molar-refractivity contribution in [3.63, 3.8) is 0 Å². The van der Waals surface area contributed by atoms with Gasteiger partial charge < -0.3 is 9.84 Å². The van der Waals surface area contributed by atoms with E-state index in [1.165, 1.54) is 18.2 Å². The second kappa shape index (κ2) is 11.3. The molecule has 0 fully saturated rings. The van der Waals surface area contributed by atoms with Crippen LogP contribution in [0.1, 0.15) is 63.7 Å². The molecule has 192 valence electrons. The molecule has 0 bridgehead atoms. The fourth-order valence-corrected chi connectivity index (χ4v) is 4.35. The molecule has 4 aromatic carbocycles. The van der Waals surface area contributed by atoms with Crippen molar-refractivity contribution in [3.8, 4) is 16.9 Å². The lowest BCUT2D eigenvalue weighted by Crippen LogP contribution is -2.16. The molecule has 0 amide bonds. The molecule has 4 aromatic rings. The van der Waals surface area contributed by atoms with Crippen LogP contribution in [0.4, 0.5) is 0 Å². The molecule has 4 nitrogen and oxygen atoms in total. The summed E-state index contributed by atoms with van der Waals surface area (Å²) in [5, 5.41) is 9.12. The molecule has 4 rings (SSSR count). The Labute approximate surface area is 224 Å². The van der Waals surface area contributed by atoms with Gasteiger partial charge in [0.15, 0.2) is 5.78 Å². The van der Waals surface area contributed by atoms with Crippen LogP contribution in [0.5, 0.6) is 5.75 Å². The van der Waals surface area contributed by atoms with Gasteiger partial charge in [0.25, 0.3) is 0 Å². The van der Waals surface area contributed by atoms with Gasteiger partial charge in [-0.1, -0.05) is 99.1 Å². The number of allylic oxidation sites excluding steroid dienone is 1. The fourth-order valence-electron chi connectivity index (χ4n) is 4.35. The van der Waals surface area contributed by atoms with E-state index in [9.17, 15) is 9.59 Å². The first-order valence-corrected chi connectivity index (χ1v) is 12.6. The van der Waals surface area contributed by atoms with Gasteiger partial charge in [-0.25, -0.2) is 4.79 Å². The number of carboxylic acids is 1. The van der Waals surface area contributed by atoms with Gasteiger partial charge in [0.2, 0.25) is 0 Å². The minimum atomic E-state index is -0.984. The second-order valence-corrected chi connectivity index (χ2v) is 10.4. The summed E-state index contributed by atoms with van der Waals surface area (Å²) in [6.07, 6.45) is 3.21. The van der Waals surface area contributed by atoms with Crippen LogP contribution in [0.3, 0.4) is 0 Å². The molecule has 0 aliphatic heterocycles. The Kier molecular flexibility index (Phi) is 7.92. The maximum absolute atomic E-state index is 13.4. The van der Waals surface area contributed by atoms with E-state index >= 15 is 0 Å². The predicted molar refractivity (Wildman–Crippen MR) is 153 cm³/mol. The van der Waals surface area contributed by atoms with Crippen molar-refractivity contribution in [1.82, 2.24) is 0 Å². The summed E-state index contributed by atoms with van der Waals surface area (Å²) in [7, 11) is 0. The number of carbonyl (C=O) groups is 2. The lowest BCUT2D eigenvalue weighted by atomic mass is 9.80. The minimum absolute atomic E-state index is 0.161. The number of carboxylic acid groups (broad SMARTS) is 1. The predicted octanol–water partition coefficient (Wildman–Crippen LogP) is 8.13. The van der Waals surface area contributed by atoms with E-state index in [-0.39, 0.29) is 16.8 Å². The number of carbonyl (C=O) groups excluding carboxylic acids is 1. The smallest absolute Gasteiger partial charge is 0.335 e. The largest absolute Gasteiger partial charge is 0.489 e. The van der Waals surface area contributed by atoms with Crippen LogP contribution < -0.4 is 4.74 Å². The maximum atomic E-state index is 13.4. The molecular formula is C34H32O4. The fraction of sp³-hybridized carbons (Fsp3) is 0.176. The Hall–Kier alpha value is -4.44. The van der Waals surface area contributed by atoms with Gasteiger partial charge in [-0.2, -0.15) is 0 Å². The summed E-state index contributed by atoms with van der Waals surface area (Å²) in [5.41, 5.74) is 6.47. The zero-order valence-electron chi connectivity index (χ0n) is 22.2. The van der Waals surface area contributed by atoms with Crippen molar-refractivity contribution in [2.24, 2.45) is 0 Å². The lowest BCUT2D eigenvalue weighted by molar-refractivity contribution is 0.0696. The number of rotatable bonds is 8. The van der Waals surface area contributed by atoms with Gasteiger partial charge in [-0.3, -0.25) is 4.79 Å². The summed E-state index contributed by atoms with van der Waals surface area (Å²) >= 11 is 0. The average molecular weight is 505 g/mol. The van der Waals surface area contributed by atoms with Crippen LogP contribution in [0.15, 0.2) is 97.1 Å². The third kappa shape index (κ3) is 6.46. The highest BCUT2D eigenvalue weighted by atomic mass is 16.5. The molecule has 0 unspecified atom stereocenters. The topological polar surface area (TPSA) is 63.6 Å². The summed E-state index contributed by atoms with van der Waals surface area (Å²) in [6, 6.07) is 28.5. The van der Waals surface area contributed by atoms with Gasteiger partial charge >= 0.3 is 5.97 Å². The zero-order valence-corrected chi connectivity index (χ0v) is 22.2. The average Bonchev–Trinajstić information content (AvgIpc) is 2.90. The van der Waals surface area contributed by atoms with Crippen LogP contribution >= 0.6 is 0 Å². The van der Waals surface area contributed by atoms with Crippen molar-refractivity contribution < 1.29 is 19.4 Å². The van der Waals surface area contributed by atoms with E-state index in [2.05, 4.69) is 52.0 Å². The standard InChI is InChI=1S/C34H32O4/c1-23-10-15-26(16-11-23)29-20-28(30(35)19-14-24-12-17-27(18-13-24)33(36)37)21-31(32(29)34(2,3)4)38-22-25-8-6-5-7-9-25/h5-21H,22H2,1-4H3,(H,36,37)/b19-14+. The third-order valence-electron chi connectivity index (χ3n) is 6.32. The number of aromatic carboxylic acids is 1. The molecular weight excluding hydrogens is 472 g/mol. The summed E-state index contributed by atoms with van der Waals surface area (Å²) in [6.45, 7) is 8.89. The van der Waals surface area contributed by atoms with Gasteiger partial charge in [0.1, 0.15) is 12.4 Å². The minimum Gasteiger partial charge on any atom is -0.489 e. The molecule has 4 heteroatoms. The molecule has 1 N–H and O–H groups in total. The number of benzene rings is 4. The molecule has 0 aliphatic carbocycles. The highest BCUT2D eigenvalue weighted by Crippen LogP contribution is 2.41. The monoisotopic (exact) mass is 504 g/mol. The molecule has 0 radical (unpaired) electrons. The Morgan fingerprint density at radius 1 is 0.842 bits per heavy atom. The number of hydrogen-bond donors (Lipinski definition) is 1. The molecule has 0 aromatic heterocycles. The van der Waals surface area contributed by atoms with Crippen molar-refractivity contribution in [1.29, 1.82) is 0 Å². The highest BCUT2D eigenvalue weighted by Gasteiger charge is 2.26. The zero-order chi connectivity index (χ0) is 27.3. The molecule has 0 aliphatic rings. The van der Waals surface area contributed by atoms with Crippen LogP contribution in [0.2, 0.25) is 0 Å². The van der Waals surface area contributed by atoms with Crippen LogP contribution in [0, 0.1) is 6.92 Å². The number of ether oxygens (including phenoxy) is 1. The van der Waals surface area contributed by atoms with Gasteiger partial charge in [0, 0.05) is 11.1 Å². The van der Waals surface area contributed by atoms with Crippen molar-refractivity contribution in [2.75, 3.05) is 0 Å². The Bertz CT molecular complexity index is 1460. The Morgan fingerprint density at radius 2 is 1.50 bits per heavy atom. The third-order valence-corrected chi connectivity index (χ3v) is 6.32. The normalized spacial score (nSPS) is 11.5. The highest BCUT2D eigenvalue weighted by molar-refractivity contribution is 6.08. The first kappa shape index (κ1) is 26.6. The van der Waals surface area contributed by atoms with E-state index in [1.54, 1.807) is 18.2 Å². The van der Waals surface area contributed by atoms with E-state index in [0.29, 0.717) is 17.9 Å². The van der Waals surface area contributed by atoms with Crippen molar-refractivity contribution >= 4 is 17.8 Å². The maximum Gasteiger partial charge on any atom is 0.335 e. The second-order valence-electron chi connectivity index (χ2n) is 10.4. The molecule has 38 heavy (non-hydrogen) atoms. The van der Waals surface area contributed by atoms with E-state index in [0.717, 1.165) is 33.4 Å². The Morgan fingerprint density at radius 3 is 2.11 bits per heavy atom. The summed E-state index contributed by atoms with van der Waals surface area (Å²) < 4.78 is 6.39. The molecule has 0 heterocycles. The molecule has 0 saturated heterocycles. The van der Waals surface area contributed by atoms with Crippen LogP contribution in [-0.2, 0) is 12.0 Å². The first-order chi connectivity index (χ1) is 18.1. The quantitative estimate of drug-likeness (QED) is 0.194.